The SMILES string of the molecule is COCC(C)Oc1ccc(CO)cc1F. The standard InChI is InChI=1S/C11H15FO3/c1-8(7-14-2)15-11-4-3-9(6-13)5-10(11)12/h3-5,8,13H,6-7H2,1-2H3. The molecule has 1 aromatic rings. The molecule has 0 amide bonds. The summed E-state index contributed by atoms with van der Waals surface area (Å²) in [6.45, 7) is 2.02. The van der Waals surface area contributed by atoms with Gasteiger partial charge >= 0.3 is 0 Å². The van der Waals surface area contributed by atoms with Crippen molar-refractivity contribution in [1.29, 1.82) is 0 Å². The van der Waals surface area contributed by atoms with Crippen molar-refractivity contribution in [2.45, 2.75) is 19.6 Å². The number of halogens is 1. The van der Waals surface area contributed by atoms with E-state index in [1.54, 1.807) is 20.1 Å². The van der Waals surface area contributed by atoms with E-state index >= 15 is 0 Å². The molecular formula is C11H15FO3. The fraction of sp³-hybridized carbons (Fsp3) is 0.455. The minimum Gasteiger partial charge on any atom is -0.485 e. The van der Waals surface area contributed by atoms with E-state index in [4.69, 9.17) is 14.6 Å². The summed E-state index contributed by atoms with van der Waals surface area (Å²) in [7, 11) is 1.56. The molecule has 0 bridgehead atoms. The van der Waals surface area contributed by atoms with Crippen molar-refractivity contribution in [2.24, 2.45) is 0 Å². The Balaban J connectivity index is 2.69. The van der Waals surface area contributed by atoms with Crippen LogP contribution in [0.25, 0.3) is 0 Å². The lowest BCUT2D eigenvalue weighted by Gasteiger charge is -2.14. The molecule has 0 spiro atoms. The zero-order valence-electron chi connectivity index (χ0n) is 8.87. The van der Waals surface area contributed by atoms with Gasteiger partial charge in [0.25, 0.3) is 0 Å². The van der Waals surface area contributed by atoms with Gasteiger partial charge in [0.1, 0.15) is 6.10 Å². The number of hydrogen-bond donors (Lipinski definition) is 1. The highest BCUT2D eigenvalue weighted by Gasteiger charge is 2.08. The van der Waals surface area contributed by atoms with Gasteiger partial charge in [0, 0.05) is 7.11 Å². The fourth-order valence-corrected chi connectivity index (χ4v) is 1.22. The number of benzene rings is 1. The van der Waals surface area contributed by atoms with Gasteiger partial charge in [0.05, 0.1) is 13.2 Å². The van der Waals surface area contributed by atoms with Gasteiger partial charge in [-0.3, -0.25) is 0 Å². The van der Waals surface area contributed by atoms with E-state index in [9.17, 15) is 4.39 Å². The van der Waals surface area contributed by atoms with Crippen molar-refractivity contribution < 1.29 is 19.0 Å². The fourth-order valence-electron chi connectivity index (χ4n) is 1.22. The van der Waals surface area contributed by atoms with Crippen LogP contribution in [0.15, 0.2) is 18.2 Å². The molecular weight excluding hydrogens is 199 g/mol. The van der Waals surface area contributed by atoms with E-state index in [1.165, 1.54) is 12.1 Å². The number of aliphatic hydroxyl groups excluding tert-OH is 1. The highest BCUT2D eigenvalue weighted by atomic mass is 19.1. The zero-order valence-corrected chi connectivity index (χ0v) is 8.87. The van der Waals surface area contributed by atoms with Crippen molar-refractivity contribution >= 4 is 0 Å². The van der Waals surface area contributed by atoms with Crippen molar-refractivity contribution in [3.05, 3.63) is 29.6 Å². The van der Waals surface area contributed by atoms with Gasteiger partial charge < -0.3 is 14.6 Å². The molecule has 1 aromatic carbocycles. The summed E-state index contributed by atoms with van der Waals surface area (Å²) in [6.07, 6.45) is -0.204. The molecule has 0 radical (unpaired) electrons. The third-order valence-corrected chi connectivity index (χ3v) is 1.91. The number of methoxy groups -OCH3 is 1. The normalized spacial score (nSPS) is 12.5. The summed E-state index contributed by atoms with van der Waals surface area (Å²) in [5, 5.41) is 8.79. The van der Waals surface area contributed by atoms with Gasteiger partial charge in [0.15, 0.2) is 11.6 Å². The summed E-state index contributed by atoms with van der Waals surface area (Å²) in [5.41, 5.74) is 0.527. The highest BCUT2D eigenvalue weighted by Crippen LogP contribution is 2.19. The average molecular weight is 214 g/mol. The summed E-state index contributed by atoms with van der Waals surface area (Å²) in [4.78, 5) is 0. The largest absolute Gasteiger partial charge is 0.485 e. The van der Waals surface area contributed by atoms with Gasteiger partial charge in [-0.2, -0.15) is 0 Å². The maximum Gasteiger partial charge on any atom is 0.165 e. The predicted octanol–water partition coefficient (Wildman–Crippen LogP) is 1.73. The molecule has 1 rings (SSSR count). The second-order valence-corrected chi connectivity index (χ2v) is 3.31. The first-order valence-corrected chi connectivity index (χ1v) is 4.72. The number of rotatable bonds is 5. The molecule has 15 heavy (non-hydrogen) atoms. The number of aliphatic hydroxyl groups is 1. The van der Waals surface area contributed by atoms with Crippen LogP contribution in [0.3, 0.4) is 0 Å². The maximum atomic E-state index is 13.4. The quantitative estimate of drug-likeness (QED) is 0.811. The van der Waals surface area contributed by atoms with Crippen molar-refractivity contribution in [3.8, 4) is 5.75 Å². The van der Waals surface area contributed by atoms with Crippen LogP contribution in [0.1, 0.15) is 12.5 Å². The Bertz CT molecular complexity index is 315. The molecule has 4 heteroatoms. The van der Waals surface area contributed by atoms with E-state index in [-0.39, 0.29) is 18.5 Å². The zero-order chi connectivity index (χ0) is 11.3. The molecule has 1 N–H and O–H groups in total. The summed E-state index contributed by atoms with van der Waals surface area (Å²) in [6, 6.07) is 4.39. The third kappa shape index (κ3) is 3.49. The van der Waals surface area contributed by atoms with Gasteiger partial charge in [-0.1, -0.05) is 6.07 Å². The molecule has 0 aliphatic rings. The third-order valence-electron chi connectivity index (χ3n) is 1.91. The van der Waals surface area contributed by atoms with Gasteiger partial charge in [-0.05, 0) is 24.6 Å². The van der Waals surface area contributed by atoms with E-state index in [1.807, 2.05) is 0 Å². The van der Waals surface area contributed by atoms with E-state index in [0.717, 1.165) is 0 Å². The molecule has 1 unspecified atom stereocenters. The Morgan fingerprint density at radius 1 is 1.47 bits per heavy atom. The molecule has 0 aliphatic carbocycles. The van der Waals surface area contributed by atoms with Crippen molar-refractivity contribution in [1.82, 2.24) is 0 Å². The smallest absolute Gasteiger partial charge is 0.165 e. The first kappa shape index (κ1) is 11.9. The minimum absolute atomic E-state index is 0.176. The second-order valence-electron chi connectivity index (χ2n) is 3.31. The van der Waals surface area contributed by atoms with Gasteiger partial charge in [-0.25, -0.2) is 4.39 Å². The van der Waals surface area contributed by atoms with E-state index in [2.05, 4.69) is 0 Å². The molecule has 0 heterocycles. The molecule has 84 valence electrons. The summed E-state index contributed by atoms with van der Waals surface area (Å²) in [5.74, 6) is -0.291. The summed E-state index contributed by atoms with van der Waals surface area (Å²) >= 11 is 0. The highest BCUT2D eigenvalue weighted by molar-refractivity contribution is 5.29. The van der Waals surface area contributed by atoms with Crippen LogP contribution in [0, 0.1) is 5.82 Å². The molecule has 0 saturated carbocycles. The lowest BCUT2D eigenvalue weighted by Crippen LogP contribution is -2.18. The van der Waals surface area contributed by atoms with Crippen LogP contribution < -0.4 is 4.74 Å². The average Bonchev–Trinajstić information content (AvgIpc) is 2.21. The molecule has 0 aliphatic heterocycles. The van der Waals surface area contributed by atoms with E-state index in [0.29, 0.717) is 12.2 Å². The minimum atomic E-state index is -0.468. The molecule has 1 atom stereocenters. The van der Waals surface area contributed by atoms with Crippen LogP contribution in [0.2, 0.25) is 0 Å². The van der Waals surface area contributed by atoms with Crippen LogP contribution in [-0.2, 0) is 11.3 Å². The molecule has 0 fully saturated rings. The predicted molar refractivity (Wildman–Crippen MR) is 54.3 cm³/mol. The van der Waals surface area contributed by atoms with Crippen molar-refractivity contribution in [3.63, 3.8) is 0 Å². The van der Waals surface area contributed by atoms with Crippen LogP contribution >= 0.6 is 0 Å². The van der Waals surface area contributed by atoms with E-state index < -0.39 is 5.82 Å². The van der Waals surface area contributed by atoms with Gasteiger partial charge in [0.2, 0.25) is 0 Å². The second kappa shape index (κ2) is 5.68. The van der Waals surface area contributed by atoms with Gasteiger partial charge in [-0.15, -0.1) is 0 Å². The topological polar surface area (TPSA) is 38.7 Å². The van der Waals surface area contributed by atoms with Crippen LogP contribution in [0.5, 0.6) is 5.75 Å². The molecule has 0 aromatic heterocycles. The van der Waals surface area contributed by atoms with Crippen LogP contribution in [-0.4, -0.2) is 24.9 Å². The Morgan fingerprint density at radius 3 is 2.73 bits per heavy atom. The summed E-state index contributed by atoms with van der Waals surface area (Å²) < 4.78 is 23.5. The first-order valence-electron chi connectivity index (χ1n) is 4.72. The number of ether oxygens (including phenoxy) is 2. The lowest BCUT2D eigenvalue weighted by atomic mass is 10.2. The molecule has 3 nitrogen and oxygen atoms in total. The lowest BCUT2D eigenvalue weighted by molar-refractivity contribution is 0.0892. The Morgan fingerprint density at radius 2 is 2.20 bits per heavy atom. The van der Waals surface area contributed by atoms with Crippen LogP contribution in [0.4, 0.5) is 4.39 Å². The Labute approximate surface area is 88.4 Å². The molecule has 0 saturated heterocycles. The Hall–Kier alpha value is -1.13. The Kier molecular flexibility index (Phi) is 4.52. The maximum absolute atomic E-state index is 13.4. The first-order chi connectivity index (χ1) is 7.17. The van der Waals surface area contributed by atoms with Crippen molar-refractivity contribution in [2.75, 3.05) is 13.7 Å². The number of hydrogen-bond acceptors (Lipinski definition) is 3. The monoisotopic (exact) mass is 214 g/mol.